The zero-order valence-electron chi connectivity index (χ0n) is 12.7. The minimum absolute atomic E-state index is 0.0967. The molecule has 1 aromatic carbocycles. The lowest BCUT2D eigenvalue weighted by atomic mass is 9.97. The predicted octanol–water partition coefficient (Wildman–Crippen LogP) is 2.83. The van der Waals surface area contributed by atoms with Crippen molar-refractivity contribution in [3.05, 3.63) is 47.5 Å². The van der Waals surface area contributed by atoms with E-state index in [1.54, 1.807) is 0 Å². The third-order valence-electron chi connectivity index (χ3n) is 3.87. The van der Waals surface area contributed by atoms with Crippen molar-refractivity contribution < 1.29 is 4.79 Å². The van der Waals surface area contributed by atoms with E-state index in [9.17, 15) is 4.79 Å². The molecule has 1 aliphatic carbocycles. The first-order valence-electron chi connectivity index (χ1n) is 8.04. The number of rotatable bonds is 8. The van der Waals surface area contributed by atoms with Gasteiger partial charge in [0.15, 0.2) is 0 Å². The first-order valence-corrected chi connectivity index (χ1v) is 8.04. The molecule has 1 aliphatic rings. The summed E-state index contributed by atoms with van der Waals surface area (Å²) in [6.45, 7) is 2.01. The van der Waals surface area contributed by atoms with Gasteiger partial charge in [0.2, 0.25) is 5.91 Å². The molecule has 3 nitrogen and oxygen atoms in total. The van der Waals surface area contributed by atoms with Gasteiger partial charge >= 0.3 is 0 Å². The summed E-state index contributed by atoms with van der Waals surface area (Å²) in [5.41, 5.74) is 2.81. The Morgan fingerprint density at radius 1 is 1.05 bits per heavy atom. The minimum Gasteiger partial charge on any atom is -0.355 e. The summed E-state index contributed by atoms with van der Waals surface area (Å²) < 4.78 is 0. The summed E-state index contributed by atoms with van der Waals surface area (Å²) in [6, 6.07) is 10.3. The van der Waals surface area contributed by atoms with Crippen LogP contribution >= 0.6 is 0 Å². The molecular formula is C18H26N2O. The molecule has 0 unspecified atom stereocenters. The third kappa shape index (κ3) is 6.58. The van der Waals surface area contributed by atoms with Gasteiger partial charge in [-0.2, -0.15) is 0 Å². The molecule has 3 heteroatoms. The molecule has 0 fully saturated rings. The first-order chi connectivity index (χ1) is 10.3. The van der Waals surface area contributed by atoms with Gasteiger partial charge in [0.1, 0.15) is 0 Å². The Bertz CT molecular complexity index is 454. The van der Waals surface area contributed by atoms with E-state index in [-0.39, 0.29) is 5.91 Å². The molecule has 0 radical (unpaired) electrons. The number of hydrogen-bond acceptors (Lipinski definition) is 2. The zero-order chi connectivity index (χ0) is 14.8. The van der Waals surface area contributed by atoms with E-state index in [0.29, 0.717) is 6.54 Å². The Labute approximate surface area is 127 Å². The van der Waals surface area contributed by atoms with Gasteiger partial charge in [-0.1, -0.05) is 42.0 Å². The van der Waals surface area contributed by atoms with Gasteiger partial charge in [0.25, 0.3) is 0 Å². The molecule has 0 aliphatic heterocycles. The normalized spacial score (nSPS) is 14.6. The van der Waals surface area contributed by atoms with E-state index in [0.717, 1.165) is 25.9 Å². The van der Waals surface area contributed by atoms with Crippen LogP contribution in [0.3, 0.4) is 0 Å². The van der Waals surface area contributed by atoms with Crippen LogP contribution in [0, 0.1) is 0 Å². The van der Waals surface area contributed by atoms with Gasteiger partial charge in [0.05, 0.1) is 6.54 Å². The van der Waals surface area contributed by atoms with Crippen LogP contribution in [0.1, 0.15) is 37.7 Å². The molecule has 0 heterocycles. The van der Waals surface area contributed by atoms with Crippen LogP contribution in [-0.4, -0.2) is 25.5 Å². The Hall–Kier alpha value is -1.61. The fourth-order valence-electron chi connectivity index (χ4n) is 2.64. The highest BCUT2D eigenvalue weighted by atomic mass is 16.1. The van der Waals surface area contributed by atoms with E-state index in [1.807, 2.05) is 18.2 Å². The average Bonchev–Trinajstić information content (AvgIpc) is 2.54. The van der Waals surface area contributed by atoms with Crippen LogP contribution in [-0.2, 0) is 11.2 Å². The SMILES string of the molecule is O=C(CNCCc1ccccc1)NCCC1=CCCCC1. The van der Waals surface area contributed by atoms with Gasteiger partial charge in [-0.05, 0) is 50.6 Å². The standard InChI is InChI=1S/C18H26N2O/c21-18(20-14-12-17-9-5-2-6-10-17)15-19-13-11-16-7-3-1-4-8-16/h1,3-4,7-9,19H,2,5-6,10-15H2,(H,20,21). The smallest absolute Gasteiger partial charge is 0.233 e. The second-order valence-electron chi connectivity index (χ2n) is 5.62. The Kier molecular flexibility index (Phi) is 7.02. The van der Waals surface area contributed by atoms with Crippen molar-refractivity contribution in [3.63, 3.8) is 0 Å². The highest BCUT2D eigenvalue weighted by Crippen LogP contribution is 2.19. The lowest BCUT2D eigenvalue weighted by Gasteiger charge is -2.13. The van der Waals surface area contributed by atoms with Crippen LogP contribution in [0.5, 0.6) is 0 Å². The van der Waals surface area contributed by atoms with Crippen molar-refractivity contribution in [1.82, 2.24) is 10.6 Å². The molecule has 0 spiro atoms. The van der Waals surface area contributed by atoms with E-state index < -0.39 is 0 Å². The van der Waals surface area contributed by atoms with Crippen molar-refractivity contribution in [1.29, 1.82) is 0 Å². The van der Waals surface area contributed by atoms with E-state index in [2.05, 4.69) is 28.8 Å². The van der Waals surface area contributed by atoms with Crippen LogP contribution < -0.4 is 10.6 Å². The molecule has 0 saturated heterocycles. The van der Waals surface area contributed by atoms with Crippen molar-refractivity contribution in [2.45, 2.75) is 38.5 Å². The van der Waals surface area contributed by atoms with Gasteiger partial charge in [-0.15, -0.1) is 0 Å². The molecule has 0 bridgehead atoms. The summed E-state index contributed by atoms with van der Waals surface area (Å²) in [7, 11) is 0. The summed E-state index contributed by atoms with van der Waals surface area (Å²) in [5, 5.41) is 6.18. The fraction of sp³-hybridized carbons (Fsp3) is 0.500. The zero-order valence-corrected chi connectivity index (χ0v) is 12.7. The number of carbonyl (C=O) groups is 1. The molecule has 114 valence electrons. The van der Waals surface area contributed by atoms with Crippen LogP contribution in [0.25, 0.3) is 0 Å². The molecule has 0 aromatic heterocycles. The molecule has 0 saturated carbocycles. The summed E-state index contributed by atoms with van der Waals surface area (Å²) in [4.78, 5) is 11.7. The Balaban J connectivity index is 1.50. The summed E-state index contributed by atoms with van der Waals surface area (Å²) in [6.07, 6.45) is 9.36. The van der Waals surface area contributed by atoms with Crippen LogP contribution in [0.4, 0.5) is 0 Å². The first kappa shape index (κ1) is 15.8. The average molecular weight is 286 g/mol. The maximum Gasteiger partial charge on any atom is 0.233 e. The van der Waals surface area contributed by atoms with Crippen LogP contribution in [0.15, 0.2) is 42.0 Å². The Morgan fingerprint density at radius 3 is 2.67 bits per heavy atom. The van der Waals surface area contributed by atoms with Crippen molar-refractivity contribution >= 4 is 5.91 Å². The predicted molar refractivity (Wildman–Crippen MR) is 87.2 cm³/mol. The second kappa shape index (κ2) is 9.35. The van der Waals surface area contributed by atoms with Gasteiger partial charge in [-0.3, -0.25) is 4.79 Å². The van der Waals surface area contributed by atoms with Gasteiger partial charge in [-0.25, -0.2) is 0 Å². The second-order valence-corrected chi connectivity index (χ2v) is 5.62. The lowest BCUT2D eigenvalue weighted by molar-refractivity contribution is -0.120. The third-order valence-corrected chi connectivity index (χ3v) is 3.87. The monoisotopic (exact) mass is 286 g/mol. The number of hydrogen-bond donors (Lipinski definition) is 2. The molecule has 2 N–H and O–H groups in total. The molecular weight excluding hydrogens is 260 g/mol. The van der Waals surface area contributed by atoms with Gasteiger partial charge in [0, 0.05) is 6.54 Å². The quantitative estimate of drug-likeness (QED) is 0.570. The Morgan fingerprint density at radius 2 is 1.90 bits per heavy atom. The number of allylic oxidation sites excluding steroid dienone is 1. The van der Waals surface area contributed by atoms with Crippen molar-refractivity contribution in [2.75, 3.05) is 19.6 Å². The number of amides is 1. The lowest BCUT2D eigenvalue weighted by Crippen LogP contribution is -2.35. The van der Waals surface area contributed by atoms with Gasteiger partial charge < -0.3 is 10.6 Å². The highest BCUT2D eigenvalue weighted by Gasteiger charge is 2.04. The summed E-state index contributed by atoms with van der Waals surface area (Å²) >= 11 is 0. The topological polar surface area (TPSA) is 41.1 Å². The number of carbonyl (C=O) groups excluding carboxylic acids is 1. The highest BCUT2D eigenvalue weighted by molar-refractivity contribution is 5.77. The minimum atomic E-state index is 0.0967. The molecule has 21 heavy (non-hydrogen) atoms. The molecule has 2 rings (SSSR count). The maximum absolute atomic E-state index is 11.7. The van der Waals surface area contributed by atoms with Crippen molar-refractivity contribution in [3.8, 4) is 0 Å². The molecule has 1 aromatic rings. The molecule has 1 amide bonds. The van der Waals surface area contributed by atoms with Crippen LogP contribution in [0.2, 0.25) is 0 Å². The summed E-state index contributed by atoms with van der Waals surface area (Å²) in [5.74, 6) is 0.0967. The van der Waals surface area contributed by atoms with Crippen molar-refractivity contribution in [2.24, 2.45) is 0 Å². The number of nitrogens with one attached hydrogen (secondary N) is 2. The largest absolute Gasteiger partial charge is 0.355 e. The van der Waals surface area contributed by atoms with E-state index >= 15 is 0 Å². The van der Waals surface area contributed by atoms with E-state index in [4.69, 9.17) is 0 Å². The maximum atomic E-state index is 11.7. The molecule has 0 atom stereocenters. The van der Waals surface area contributed by atoms with E-state index in [1.165, 1.54) is 36.8 Å². The fourth-order valence-corrected chi connectivity index (χ4v) is 2.64. The number of benzene rings is 1.